The average Bonchev–Trinajstić information content (AvgIpc) is 2.66. The molecule has 0 amide bonds. The highest BCUT2D eigenvalue weighted by molar-refractivity contribution is 5.75. The molecule has 1 N–H and O–H groups in total. The fourth-order valence-corrected chi connectivity index (χ4v) is 4.10. The van der Waals surface area contributed by atoms with Crippen LogP contribution in [0.1, 0.15) is 29.9 Å². The van der Waals surface area contributed by atoms with Crippen LogP contribution in [0.4, 0.5) is 0 Å². The number of aliphatic hydroxyl groups is 1. The van der Waals surface area contributed by atoms with E-state index < -0.39 is 0 Å². The number of carbonyl (C=O) groups is 1. The predicted molar refractivity (Wildman–Crippen MR) is 80.0 cm³/mol. The maximum absolute atomic E-state index is 12.3. The summed E-state index contributed by atoms with van der Waals surface area (Å²) in [5, 5.41) is 10.3. The van der Waals surface area contributed by atoms with Gasteiger partial charge in [0, 0.05) is 18.0 Å². The third-order valence-electron chi connectivity index (χ3n) is 5.30. The van der Waals surface area contributed by atoms with Gasteiger partial charge >= 0.3 is 5.97 Å². The highest BCUT2D eigenvalue weighted by Gasteiger charge is 2.53. The number of nitrogens with zero attached hydrogens (tertiary/aromatic N) is 1. The largest absolute Gasteiger partial charge is 0.469 e. The van der Waals surface area contributed by atoms with Gasteiger partial charge < -0.3 is 9.84 Å². The summed E-state index contributed by atoms with van der Waals surface area (Å²) in [5.41, 5.74) is 2.39. The Labute approximate surface area is 125 Å². The fraction of sp³-hybridized carbons (Fsp3) is 0.588. The molecule has 0 saturated carbocycles. The van der Waals surface area contributed by atoms with Crippen LogP contribution in [0.15, 0.2) is 24.3 Å². The lowest BCUT2D eigenvalue weighted by Crippen LogP contribution is -2.49. The summed E-state index contributed by atoms with van der Waals surface area (Å²) < 4.78 is 5.05. The standard InChI is InChI=1S/C17H23NO3/c1-10-4-6-11(7-5-10)12-8-13-15(19)9-14(18(13)2)16(12)17(20)21-3/h4-7,12-16,19H,8-9H2,1-3H3/t12-,13+,14?,15+,16-/m1/s1. The molecule has 114 valence electrons. The molecule has 1 aromatic carbocycles. The van der Waals surface area contributed by atoms with Crippen molar-refractivity contribution in [2.45, 2.75) is 43.9 Å². The Morgan fingerprint density at radius 1 is 1.24 bits per heavy atom. The van der Waals surface area contributed by atoms with Crippen LogP contribution in [0.2, 0.25) is 0 Å². The molecular formula is C17H23NO3. The third-order valence-corrected chi connectivity index (χ3v) is 5.30. The Balaban J connectivity index is 1.97. The Morgan fingerprint density at radius 3 is 2.52 bits per heavy atom. The number of piperidine rings is 1. The highest BCUT2D eigenvalue weighted by atomic mass is 16.5. The van der Waals surface area contributed by atoms with Crippen LogP contribution in [0.5, 0.6) is 0 Å². The quantitative estimate of drug-likeness (QED) is 0.842. The van der Waals surface area contributed by atoms with E-state index in [1.807, 2.05) is 7.05 Å². The van der Waals surface area contributed by atoms with Crippen molar-refractivity contribution in [3.63, 3.8) is 0 Å². The minimum atomic E-state index is -0.345. The normalized spacial score (nSPS) is 35.7. The first-order valence-electron chi connectivity index (χ1n) is 7.57. The third kappa shape index (κ3) is 2.36. The van der Waals surface area contributed by atoms with E-state index >= 15 is 0 Å². The number of likely N-dealkylation sites (N-methyl/N-ethyl adjacent to an activating group) is 1. The lowest BCUT2D eigenvalue weighted by molar-refractivity contribution is -0.150. The molecule has 0 spiro atoms. The molecule has 2 bridgehead atoms. The van der Waals surface area contributed by atoms with Crippen LogP contribution < -0.4 is 0 Å². The van der Waals surface area contributed by atoms with Crippen molar-refractivity contribution in [3.05, 3.63) is 35.4 Å². The zero-order valence-corrected chi connectivity index (χ0v) is 12.8. The van der Waals surface area contributed by atoms with Gasteiger partial charge in [0.2, 0.25) is 0 Å². The van der Waals surface area contributed by atoms with Crippen LogP contribution in [0.3, 0.4) is 0 Å². The molecule has 2 aliphatic rings. The summed E-state index contributed by atoms with van der Waals surface area (Å²) in [7, 11) is 3.46. The topological polar surface area (TPSA) is 49.8 Å². The van der Waals surface area contributed by atoms with Gasteiger partial charge in [0.1, 0.15) is 0 Å². The number of benzene rings is 1. The first-order chi connectivity index (χ1) is 10.0. The lowest BCUT2D eigenvalue weighted by Gasteiger charge is -2.41. The number of esters is 1. The summed E-state index contributed by atoms with van der Waals surface area (Å²) in [6.07, 6.45) is 1.11. The van der Waals surface area contributed by atoms with Crippen LogP contribution in [-0.2, 0) is 9.53 Å². The number of aryl methyl sites for hydroxylation is 1. The monoisotopic (exact) mass is 289 g/mol. The molecule has 2 aliphatic heterocycles. The molecule has 21 heavy (non-hydrogen) atoms. The van der Waals surface area contributed by atoms with E-state index in [0.717, 1.165) is 6.42 Å². The van der Waals surface area contributed by atoms with E-state index in [1.165, 1.54) is 18.2 Å². The molecule has 1 aromatic rings. The minimum Gasteiger partial charge on any atom is -0.469 e. The van der Waals surface area contributed by atoms with Gasteiger partial charge in [-0.1, -0.05) is 29.8 Å². The maximum Gasteiger partial charge on any atom is 0.310 e. The summed E-state index contributed by atoms with van der Waals surface area (Å²) in [6, 6.07) is 8.58. The zero-order chi connectivity index (χ0) is 15.1. The Bertz CT molecular complexity index is 527. The number of hydrogen-bond acceptors (Lipinski definition) is 4. The molecule has 2 heterocycles. The van der Waals surface area contributed by atoms with Crippen LogP contribution >= 0.6 is 0 Å². The van der Waals surface area contributed by atoms with Gasteiger partial charge in [-0.25, -0.2) is 0 Å². The summed E-state index contributed by atoms with van der Waals surface area (Å²) >= 11 is 0. The van der Waals surface area contributed by atoms with E-state index in [0.29, 0.717) is 6.42 Å². The Morgan fingerprint density at radius 2 is 1.90 bits per heavy atom. The maximum atomic E-state index is 12.3. The minimum absolute atomic E-state index is 0.0671. The number of carbonyl (C=O) groups excluding carboxylic acids is 1. The summed E-state index contributed by atoms with van der Waals surface area (Å²) in [6.45, 7) is 2.06. The van der Waals surface area contributed by atoms with Gasteiger partial charge in [0.05, 0.1) is 19.1 Å². The lowest BCUT2D eigenvalue weighted by atomic mass is 9.76. The molecule has 1 unspecified atom stereocenters. The van der Waals surface area contributed by atoms with Crippen molar-refractivity contribution in [1.29, 1.82) is 0 Å². The van der Waals surface area contributed by atoms with Crippen molar-refractivity contribution < 1.29 is 14.6 Å². The van der Waals surface area contributed by atoms with Crippen molar-refractivity contribution in [2.24, 2.45) is 5.92 Å². The summed E-state index contributed by atoms with van der Waals surface area (Å²) in [5.74, 6) is -0.234. The van der Waals surface area contributed by atoms with E-state index in [1.54, 1.807) is 0 Å². The van der Waals surface area contributed by atoms with Crippen molar-refractivity contribution >= 4 is 5.97 Å². The van der Waals surface area contributed by atoms with E-state index in [2.05, 4.69) is 36.1 Å². The molecule has 0 aliphatic carbocycles. The first-order valence-corrected chi connectivity index (χ1v) is 7.57. The molecule has 2 saturated heterocycles. The molecule has 4 nitrogen and oxygen atoms in total. The second-order valence-corrected chi connectivity index (χ2v) is 6.41. The molecular weight excluding hydrogens is 266 g/mol. The average molecular weight is 289 g/mol. The van der Waals surface area contributed by atoms with Gasteiger partial charge in [-0.15, -0.1) is 0 Å². The van der Waals surface area contributed by atoms with Crippen molar-refractivity contribution in [2.75, 3.05) is 14.2 Å². The molecule has 2 fully saturated rings. The van der Waals surface area contributed by atoms with Crippen molar-refractivity contribution in [3.8, 4) is 0 Å². The second kappa shape index (κ2) is 5.43. The van der Waals surface area contributed by atoms with Gasteiger partial charge in [0.15, 0.2) is 0 Å². The highest BCUT2D eigenvalue weighted by Crippen LogP contribution is 2.46. The predicted octanol–water partition coefficient (Wildman–Crippen LogP) is 1.71. The van der Waals surface area contributed by atoms with Crippen LogP contribution in [-0.4, -0.2) is 48.3 Å². The molecule has 5 atom stereocenters. The number of hydrogen-bond donors (Lipinski definition) is 1. The molecule has 0 aromatic heterocycles. The SMILES string of the molecule is COC(=O)[C@H]1C2C[C@H](O)[C@H](C[C@@H]1c1ccc(C)cc1)N2C. The van der Waals surface area contributed by atoms with Crippen LogP contribution in [0.25, 0.3) is 0 Å². The Hall–Kier alpha value is -1.39. The molecule has 3 rings (SSSR count). The van der Waals surface area contributed by atoms with Gasteiger partial charge in [-0.3, -0.25) is 9.69 Å². The second-order valence-electron chi connectivity index (χ2n) is 6.41. The smallest absolute Gasteiger partial charge is 0.310 e. The fourth-order valence-electron chi connectivity index (χ4n) is 4.10. The van der Waals surface area contributed by atoms with E-state index in [9.17, 15) is 9.90 Å². The number of rotatable bonds is 2. The molecule has 0 radical (unpaired) electrons. The first kappa shape index (κ1) is 14.5. The number of ether oxygens (including phenoxy) is 1. The van der Waals surface area contributed by atoms with Gasteiger partial charge in [-0.2, -0.15) is 0 Å². The number of aliphatic hydroxyl groups excluding tert-OH is 1. The van der Waals surface area contributed by atoms with Gasteiger partial charge in [-0.05, 0) is 32.4 Å². The number of fused-ring (bicyclic) bond motifs is 2. The summed E-state index contributed by atoms with van der Waals surface area (Å²) in [4.78, 5) is 14.5. The Kier molecular flexibility index (Phi) is 3.76. The van der Waals surface area contributed by atoms with E-state index in [-0.39, 0.29) is 36.0 Å². The van der Waals surface area contributed by atoms with Gasteiger partial charge in [0.25, 0.3) is 0 Å². The van der Waals surface area contributed by atoms with Crippen LogP contribution in [0, 0.1) is 12.8 Å². The molecule has 4 heteroatoms. The van der Waals surface area contributed by atoms with Crippen molar-refractivity contribution in [1.82, 2.24) is 4.90 Å². The zero-order valence-electron chi connectivity index (χ0n) is 12.8. The number of methoxy groups -OCH3 is 1. The van der Waals surface area contributed by atoms with E-state index in [4.69, 9.17) is 4.74 Å².